The Bertz CT molecular complexity index is 881. The molecule has 1 aromatic rings. The van der Waals surface area contributed by atoms with E-state index in [1.54, 1.807) is 7.11 Å². The molecular formula is C22H26INO3. The van der Waals surface area contributed by atoms with Crippen LogP contribution in [0, 0.1) is 11.8 Å². The molecule has 4 nitrogen and oxygen atoms in total. The van der Waals surface area contributed by atoms with Crippen molar-refractivity contribution in [1.82, 2.24) is 5.32 Å². The van der Waals surface area contributed by atoms with Crippen LogP contribution in [0.4, 0.5) is 0 Å². The van der Waals surface area contributed by atoms with Crippen molar-refractivity contribution in [2.75, 3.05) is 7.11 Å². The van der Waals surface area contributed by atoms with Crippen LogP contribution >= 0.6 is 22.6 Å². The van der Waals surface area contributed by atoms with Gasteiger partial charge in [-0.1, -0.05) is 55.5 Å². The summed E-state index contributed by atoms with van der Waals surface area (Å²) in [7, 11) is 1.71. The van der Waals surface area contributed by atoms with E-state index in [2.05, 4.69) is 60.0 Å². The molecule has 5 rings (SSSR count). The van der Waals surface area contributed by atoms with Gasteiger partial charge in [-0.25, -0.2) is 0 Å². The summed E-state index contributed by atoms with van der Waals surface area (Å²) in [4.78, 5) is 12.2. The van der Waals surface area contributed by atoms with Crippen LogP contribution in [0.25, 0.3) is 0 Å². The number of hydrogen-bond donors (Lipinski definition) is 1. The van der Waals surface area contributed by atoms with E-state index in [1.165, 1.54) is 11.1 Å². The number of allylic oxidation sites excluding steroid dienone is 1. The second-order valence-electron chi connectivity index (χ2n) is 8.62. The summed E-state index contributed by atoms with van der Waals surface area (Å²) >= 11 is 2.73. The van der Waals surface area contributed by atoms with Crippen molar-refractivity contribution in [1.29, 1.82) is 0 Å². The Balaban J connectivity index is 1.76. The summed E-state index contributed by atoms with van der Waals surface area (Å²) in [6.07, 6.45) is 4.62. The molecule has 4 aliphatic rings. The van der Waals surface area contributed by atoms with Crippen molar-refractivity contribution in [3.8, 4) is 11.5 Å². The number of fused-ring (bicyclic) bond motifs is 2. The molecule has 1 aliphatic heterocycles. The van der Waals surface area contributed by atoms with Crippen molar-refractivity contribution < 1.29 is 14.3 Å². The number of rotatable bonds is 3. The Hall–Kier alpha value is -1.24. The standard InChI is InChI=1S/C22H26INO3/c1-5-17(25)24-15-8-9-22(23)12(3)11(2)14-10-21(22)18-13(14)6-7-16(26-4)19(18)27-20(15)21/h6-8,11-12,14,20H,5,9-10H2,1-4H3,(H,24,25)/t11?,12-,14?,20-,21-,22+/m0/s1. The Morgan fingerprint density at radius 1 is 1.41 bits per heavy atom. The molecule has 1 spiro atoms. The second kappa shape index (κ2) is 5.65. The van der Waals surface area contributed by atoms with Crippen LogP contribution in [0.15, 0.2) is 23.9 Å². The maximum Gasteiger partial charge on any atom is 0.223 e. The minimum absolute atomic E-state index is 0.0529. The third-order valence-corrected chi connectivity index (χ3v) is 10.2. The van der Waals surface area contributed by atoms with Gasteiger partial charge in [0.25, 0.3) is 0 Å². The molecule has 3 aliphatic carbocycles. The zero-order valence-electron chi connectivity index (χ0n) is 16.3. The van der Waals surface area contributed by atoms with Crippen molar-refractivity contribution in [2.45, 2.75) is 60.9 Å². The van der Waals surface area contributed by atoms with Crippen molar-refractivity contribution in [3.05, 3.63) is 35.0 Å². The van der Waals surface area contributed by atoms with Crippen LogP contribution in [0.1, 0.15) is 57.1 Å². The van der Waals surface area contributed by atoms with Crippen LogP contribution < -0.4 is 14.8 Å². The van der Waals surface area contributed by atoms with Gasteiger partial charge in [0.15, 0.2) is 11.5 Å². The first-order valence-corrected chi connectivity index (χ1v) is 11.0. The van der Waals surface area contributed by atoms with Crippen molar-refractivity contribution in [2.24, 2.45) is 11.8 Å². The quantitative estimate of drug-likeness (QED) is 0.515. The van der Waals surface area contributed by atoms with Gasteiger partial charge >= 0.3 is 0 Å². The molecule has 0 saturated heterocycles. The Labute approximate surface area is 174 Å². The number of carbonyl (C=O) groups excluding carboxylic acids is 1. The minimum atomic E-state index is -0.136. The molecule has 1 saturated carbocycles. The highest BCUT2D eigenvalue weighted by Gasteiger charge is 2.73. The van der Waals surface area contributed by atoms with Gasteiger partial charge in [-0.15, -0.1) is 0 Å². The van der Waals surface area contributed by atoms with E-state index in [0.29, 0.717) is 24.2 Å². The van der Waals surface area contributed by atoms with Crippen molar-refractivity contribution in [3.63, 3.8) is 0 Å². The lowest BCUT2D eigenvalue weighted by molar-refractivity contribution is -0.120. The average molecular weight is 479 g/mol. The fraction of sp³-hybridized carbons (Fsp3) is 0.591. The number of nitrogens with one attached hydrogen (secondary N) is 1. The molecule has 1 aromatic carbocycles. The van der Waals surface area contributed by atoms with Gasteiger partial charge in [0, 0.05) is 15.4 Å². The van der Waals surface area contributed by atoms with E-state index in [4.69, 9.17) is 9.47 Å². The number of amides is 1. The zero-order valence-corrected chi connectivity index (χ0v) is 18.4. The lowest BCUT2D eigenvalue weighted by Gasteiger charge is -2.57. The molecule has 6 atom stereocenters. The maximum absolute atomic E-state index is 12.2. The summed E-state index contributed by atoms with van der Waals surface area (Å²) in [6.45, 7) is 6.71. The summed E-state index contributed by atoms with van der Waals surface area (Å²) in [5.74, 6) is 3.50. The van der Waals surface area contributed by atoms with Gasteiger partial charge in [-0.3, -0.25) is 4.79 Å². The molecule has 2 unspecified atom stereocenters. The Kier molecular flexibility index (Phi) is 3.73. The molecule has 1 heterocycles. The van der Waals surface area contributed by atoms with Crippen LogP contribution in [-0.2, 0) is 10.2 Å². The van der Waals surface area contributed by atoms with E-state index < -0.39 is 0 Å². The first-order valence-electron chi connectivity index (χ1n) is 9.95. The molecule has 1 N–H and O–H groups in total. The van der Waals surface area contributed by atoms with Gasteiger partial charge in [0.05, 0.1) is 18.2 Å². The molecule has 0 aromatic heterocycles. The van der Waals surface area contributed by atoms with Gasteiger partial charge < -0.3 is 14.8 Å². The lowest BCUT2D eigenvalue weighted by Crippen LogP contribution is -2.63. The summed E-state index contributed by atoms with van der Waals surface area (Å²) in [6, 6.07) is 4.32. The molecular weight excluding hydrogens is 453 g/mol. The highest BCUT2D eigenvalue weighted by molar-refractivity contribution is 14.1. The fourth-order valence-corrected chi connectivity index (χ4v) is 7.87. The number of methoxy groups -OCH3 is 1. The van der Waals surface area contributed by atoms with E-state index in [0.717, 1.165) is 30.0 Å². The van der Waals surface area contributed by atoms with E-state index in [9.17, 15) is 4.79 Å². The average Bonchev–Trinajstić information content (AvgIpc) is 3.19. The van der Waals surface area contributed by atoms with E-state index >= 15 is 0 Å². The third kappa shape index (κ3) is 1.92. The molecule has 2 bridgehead atoms. The predicted molar refractivity (Wildman–Crippen MR) is 113 cm³/mol. The van der Waals surface area contributed by atoms with Crippen LogP contribution in [0.2, 0.25) is 0 Å². The Morgan fingerprint density at radius 3 is 2.89 bits per heavy atom. The topological polar surface area (TPSA) is 47.6 Å². The predicted octanol–water partition coefficient (Wildman–Crippen LogP) is 4.45. The molecule has 27 heavy (non-hydrogen) atoms. The molecule has 0 radical (unpaired) electrons. The number of ether oxygens (including phenoxy) is 2. The summed E-state index contributed by atoms with van der Waals surface area (Å²) in [5.41, 5.74) is 3.66. The SMILES string of the molecule is CCC(=O)NC1=CC[C@@]2(I)[C@@H](C)C(C)C3C[C@@]24c2c3ccc(OC)c2O[C@@H]14. The normalized spacial score (nSPS) is 40.1. The lowest BCUT2D eigenvalue weighted by atomic mass is 9.53. The number of hydrogen-bond acceptors (Lipinski definition) is 3. The van der Waals surface area contributed by atoms with Crippen LogP contribution in [-0.4, -0.2) is 22.5 Å². The fourth-order valence-electron chi connectivity index (χ4n) is 6.31. The highest BCUT2D eigenvalue weighted by Crippen LogP contribution is 2.74. The highest BCUT2D eigenvalue weighted by atomic mass is 127. The smallest absolute Gasteiger partial charge is 0.223 e. The third-order valence-electron chi connectivity index (χ3n) is 7.84. The van der Waals surface area contributed by atoms with Crippen LogP contribution in [0.5, 0.6) is 11.5 Å². The molecule has 1 amide bonds. The summed E-state index contributed by atoms with van der Waals surface area (Å²) in [5, 5.41) is 3.15. The first kappa shape index (κ1) is 17.8. The van der Waals surface area contributed by atoms with Crippen LogP contribution in [0.3, 0.4) is 0 Å². The van der Waals surface area contributed by atoms with Gasteiger partial charge in [-0.05, 0) is 42.2 Å². The number of carbonyl (C=O) groups is 1. The maximum atomic E-state index is 12.2. The van der Waals surface area contributed by atoms with Gasteiger partial charge in [-0.2, -0.15) is 0 Å². The first-order chi connectivity index (χ1) is 12.9. The molecule has 5 heteroatoms. The largest absolute Gasteiger partial charge is 0.493 e. The molecule has 144 valence electrons. The van der Waals surface area contributed by atoms with Gasteiger partial charge in [0.1, 0.15) is 6.10 Å². The van der Waals surface area contributed by atoms with E-state index in [1.807, 2.05) is 6.92 Å². The van der Waals surface area contributed by atoms with Gasteiger partial charge in [0.2, 0.25) is 5.91 Å². The number of halogens is 1. The minimum Gasteiger partial charge on any atom is -0.493 e. The number of alkyl halides is 1. The monoisotopic (exact) mass is 479 g/mol. The van der Waals surface area contributed by atoms with E-state index in [-0.39, 0.29) is 20.8 Å². The Morgan fingerprint density at radius 2 is 2.19 bits per heavy atom. The number of benzene rings is 1. The zero-order chi connectivity index (χ0) is 19.1. The second-order valence-corrected chi connectivity index (χ2v) is 10.5. The summed E-state index contributed by atoms with van der Waals surface area (Å²) < 4.78 is 12.4. The van der Waals surface area contributed by atoms with Crippen molar-refractivity contribution >= 4 is 28.5 Å². The molecule has 1 fully saturated rings.